The van der Waals surface area contributed by atoms with Gasteiger partial charge in [-0.25, -0.2) is 14.8 Å². The number of nitrogens with one attached hydrogen (secondary N) is 1. The van der Waals surface area contributed by atoms with Crippen LogP contribution in [0, 0.1) is 0 Å². The zero-order valence-corrected chi connectivity index (χ0v) is 13.9. The van der Waals surface area contributed by atoms with Gasteiger partial charge in [-0.05, 0) is 45.6 Å². The SMILES string of the molecule is CCc1cnc(NCC2CCCN2C(=O)OC(C)(C)C)nc1. The third-order valence-electron chi connectivity index (χ3n) is 3.61. The average Bonchev–Trinajstić information content (AvgIpc) is 2.92. The molecule has 1 aromatic rings. The van der Waals surface area contributed by atoms with Crippen molar-refractivity contribution in [2.75, 3.05) is 18.4 Å². The second-order valence-electron chi connectivity index (χ2n) is 6.62. The quantitative estimate of drug-likeness (QED) is 0.926. The molecule has 1 saturated heterocycles. The minimum Gasteiger partial charge on any atom is -0.444 e. The topological polar surface area (TPSA) is 67.4 Å². The number of anilines is 1. The van der Waals surface area contributed by atoms with Crippen LogP contribution in [0.3, 0.4) is 0 Å². The summed E-state index contributed by atoms with van der Waals surface area (Å²) in [5.41, 5.74) is 0.651. The van der Waals surface area contributed by atoms with Gasteiger partial charge in [0.1, 0.15) is 5.60 Å². The summed E-state index contributed by atoms with van der Waals surface area (Å²) in [6.07, 6.45) is 6.32. The van der Waals surface area contributed by atoms with Crippen molar-refractivity contribution < 1.29 is 9.53 Å². The molecule has 0 aromatic carbocycles. The predicted octanol–water partition coefficient (Wildman–Crippen LogP) is 2.85. The van der Waals surface area contributed by atoms with Crippen LogP contribution in [-0.2, 0) is 11.2 Å². The molecule has 1 amide bonds. The molecule has 0 aliphatic carbocycles. The van der Waals surface area contributed by atoms with Crippen LogP contribution >= 0.6 is 0 Å². The van der Waals surface area contributed by atoms with Gasteiger partial charge in [0.25, 0.3) is 0 Å². The summed E-state index contributed by atoms with van der Waals surface area (Å²) in [4.78, 5) is 22.6. The Labute approximate surface area is 132 Å². The van der Waals surface area contributed by atoms with Crippen LogP contribution in [-0.4, -0.2) is 45.7 Å². The number of aromatic nitrogens is 2. The normalized spacial score (nSPS) is 18.4. The van der Waals surface area contributed by atoms with Crippen molar-refractivity contribution in [3.8, 4) is 0 Å². The van der Waals surface area contributed by atoms with Crippen LogP contribution in [0.5, 0.6) is 0 Å². The van der Waals surface area contributed by atoms with E-state index in [1.54, 1.807) is 4.90 Å². The fourth-order valence-corrected chi connectivity index (χ4v) is 2.45. The van der Waals surface area contributed by atoms with E-state index in [0.29, 0.717) is 12.5 Å². The Morgan fingerprint density at radius 2 is 2.09 bits per heavy atom. The van der Waals surface area contributed by atoms with Crippen molar-refractivity contribution >= 4 is 12.0 Å². The number of ether oxygens (including phenoxy) is 1. The number of carbonyl (C=O) groups excluding carboxylic acids is 1. The molecule has 2 heterocycles. The lowest BCUT2D eigenvalue weighted by Gasteiger charge is -2.28. The molecule has 1 aromatic heterocycles. The lowest BCUT2D eigenvalue weighted by Crippen LogP contribution is -2.42. The molecule has 1 fully saturated rings. The molecule has 0 saturated carbocycles. The fourth-order valence-electron chi connectivity index (χ4n) is 2.45. The van der Waals surface area contributed by atoms with Gasteiger partial charge in [0.05, 0.1) is 6.04 Å². The van der Waals surface area contributed by atoms with E-state index in [2.05, 4.69) is 22.2 Å². The van der Waals surface area contributed by atoms with Crippen LogP contribution in [0.2, 0.25) is 0 Å². The zero-order valence-electron chi connectivity index (χ0n) is 13.9. The summed E-state index contributed by atoms with van der Waals surface area (Å²) in [6, 6.07) is 0.129. The molecule has 122 valence electrons. The Morgan fingerprint density at radius 3 is 2.68 bits per heavy atom. The Bertz CT molecular complexity index is 496. The van der Waals surface area contributed by atoms with E-state index >= 15 is 0 Å². The van der Waals surface area contributed by atoms with Gasteiger partial charge in [-0.3, -0.25) is 0 Å². The van der Waals surface area contributed by atoms with Gasteiger partial charge in [0.2, 0.25) is 5.95 Å². The van der Waals surface area contributed by atoms with Crippen LogP contribution in [0.25, 0.3) is 0 Å². The molecule has 6 nitrogen and oxygen atoms in total. The van der Waals surface area contributed by atoms with Gasteiger partial charge < -0.3 is 15.0 Å². The summed E-state index contributed by atoms with van der Waals surface area (Å²) in [6.45, 7) is 9.12. The molecule has 0 bridgehead atoms. The molecule has 1 unspecified atom stereocenters. The maximum absolute atomic E-state index is 12.2. The molecule has 1 aliphatic heterocycles. The Kier molecular flexibility index (Phi) is 5.21. The lowest BCUT2D eigenvalue weighted by atomic mass is 10.2. The minimum absolute atomic E-state index is 0.129. The second-order valence-corrected chi connectivity index (χ2v) is 6.62. The summed E-state index contributed by atoms with van der Waals surface area (Å²) >= 11 is 0. The number of hydrogen-bond donors (Lipinski definition) is 1. The number of nitrogens with zero attached hydrogens (tertiary/aromatic N) is 3. The number of amides is 1. The number of carbonyl (C=O) groups is 1. The van der Waals surface area contributed by atoms with Crippen LogP contribution in [0.4, 0.5) is 10.7 Å². The molecule has 1 aliphatic rings. The first kappa shape index (κ1) is 16.5. The smallest absolute Gasteiger partial charge is 0.410 e. The summed E-state index contributed by atoms with van der Waals surface area (Å²) in [7, 11) is 0. The van der Waals surface area contributed by atoms with Crippen molar-refractivity contribution in [3.05, 3.63) is 18.0 Å². The monoisotopic (exact) mass is 306 g/mol. The van der Waals surface area contributed by atoms with Gasteiger partial charge in [-0.15, -0.1) is 0 Å². The molecule has 1 atom stereocenters. The average molecular weight is 306 g/mol. The molecule has 6 heteroatoms. The maximum atomic E-state index is 12.2. The molecular formula is C16H26N4O2. The number of rotatable bonds is 4. The summed E-state index contributed by atoms with van der Waals surface area (Å²) < 4.78 is 5.46. The van der Waals surface area contributed by atoms with Crippen molar-refractivity contribution in [3.63, 3.8) is 0 Å². The van der Waals surface area contributed by atoms with Crippen LogP contribution in [0.1, 0.15) is 46.1 Å². The molecule has 22 heavy (non-hydrogen) atoms. The van der Waals surface area contributed by atoms with Crippen molar-refractivity contribution in [1.82, 2.24) is 14.9 Å². The summed E-state index contributed by atoms with van der Waals surface area (Å²) in [5, 5.41) is 3.21. The number of hydrogen-bond acceptors (Lipinski definition) is 5. The standard InChI is InChI=1S/C16H26N4O2/c1-5-12-9-17-14(18-10-12)19-11-13-7-6-8-20(13)15(21)22-16(2,3)4/h9-10,13H,5-8,11H2,1-4H3,(H,17,18,19). The van der Waals surface area contributed by atoms with E-state index in [0.717, 1.165) is 31.4 Å². The molecule has 0 spiro atoms. The molecule has 0 radical (unpaired) electrons. The minimum atomic E-state index is -0.462. The fraction of sp³-hybridized carbons (Fsp3) is 0.688. The Hall–Kier alpha value is -1.85. The Balaban J connectivity index is 1.89. The van der Waals surface area contributed by atoms with Gasteiger partial charge in [-0.2, -0.15) is 0 Å². The molecular weight excluding hydrogens is 280 g/mol. The zero-order chi connectivity index (χ0) is 16.2. The van der Waals surface area contributed by atoms with Crippen LogP contribution < -0.4 is 5.32 Å². The highest BCUT2D eigenvalue weighted by Crippen LogP contribution is 2.21. The third-order valence-corrected chi connectivity index (χ3v) is 3.61. The maximum Gasteiger partial charge on any atom is 0.410 e. The highest BCUT2D eigenvalue weighted by atomic mass is 16.6. The first-order valence-electron chi connectivity index (χ1n) is 7.93. The van der Waals surface area contributed by atoms with E-state index < -0.39 is 5.60 Å². The number of aryl methyl sites for hydroxylation is 1. The Morgan fingerprint density at radius 1 is 1.41 bits per heavy atom. The first-order valence-corrected chi connectivity index (χ1v) is 7.93. The molecule has 2 rings (SSSR count). The lowest BCUT2D eigenvalue weighted by molar-refractivity contribution is 0.0235. The highest BCUT2D eigenvalue weighted by Gasteiger charge is 2.32. The van der Waals surface area contributed by atoms with Gasteiger partial charge >= 0.3 is 6.09 Å². The molecule has 1 N–H and O–H groups in total. The number of likely N-dealkylation sites (tertiary alicyclic amines) is 1. The van der Waals surface area contributed by atoms with E-state index in [1.807, 2.05) is 33.2 Å². The van der Waals surface area contributed by atoms with Gasteiger partial charge in [0.15, 0.2) is 0 Å². The van der Waals surface area contributed by atoms with Crippen LogP contribution in [0.15, 0.2) is 12.4 Å². The van der Waals surface area contributed by atoms with E-state index in [1.165, 1.54) is 0 Å². The van der Waals surface area contributed by atoms with Crippen molar-refractivity contribution in [2.45, 2.75) is 58.6 Å². The van der Waals surface area contributed by atoms with Crippen molar-refractivity contribution in [2.24, 2.45) is 0 Å². The highest BCUT2D eigenvalue weighted by molar-refractivity contribution is 5.69. The van der Waals surface area contributed by atoms with E-state index in [-0.39, 0.29) is 12.1 Å². The predicted molar refractivity (Wildman–Crippen MR) is 85.9 cm³/mol. The first-order chi connectivity index (χ1) is 10.4. The third kappa shape index (κ3) is 4.58. The van der Waals surface area contributed by atoms with Gasteiger partial charge in [0, 0.05) is 25.5 Å². The van der Waals surface area contributed by atoms with E-state index in [9.17, 15) is 4.79 Å². The second kappa shape index (κ2) is 6.94. The largest absolute Gasteiger partial charge is 0.444 e. The van der Waals surface area contributed by atoms with Gasteiger partial charge in [-0.1, -0.05) is 6.92 Å². The summed E-state index contributed by atoms with van der Waals surface area (Å²) in [5.74, 6) is 0.605. The van der Waals surface area contributed by atoms with E-state index in [4.69, 9.17) is 4.74 Å². The van der Waals surface area contributed by atoms with Crippen molar-refractivity contribution in [1.29, 1.82) is 0 Å².